The fourth-order valence-electron chi connectivity index (χ4n) is 4.26. The van der Waals surface area contributed by atoms with Gasteiger partial charge >= 0.3 is 0 Å². The van der Waals surface area contributed by atoms with Crippen molar-refractivity contribution < 1.29 is 22.3 Å². The first-order valence-corrected chi connectivity index (χ1v) is 13.2. The summed E-state index contributed by atoms with van der Waals surface area (Å²) in [6, 6.07) is 19.7. The number of carbonyl (C=O) groups is 1. The Balaban J connectivity index is 1.35. The highest BCUT2D eigenvalue weighted by Crippen LogP contribution is 2.24. The van der Waals surface area contributed by atoms with Crippen LogP contribution in [0.3, 0.4) is 0 Å². The van der Waals surface area contributed by atoms with E-state index in [4.69, 9.17) is 4.74 Å². The van der Waals surface area contributed by atoms with Gasteiger partial charge in [-0.15, -0.1) is 0 Å². The number of hydrogen-bond donors (Lipinski definition) is 1. The minimum absolute atomic E-state index is 0.0296. The van der Waals surface area contributed by atoms with Gasteiger partial charge in [0.1, 0.15) is 5.82 Å². The van der Waals surface area contributed by atoms with Gasteiger partial charge in [0.15, 0.2) is 9.84 Å². The second-order valence-corrected chi connectivity index (χ2v) is 10.9. The number of nitrogens with one attached hydrogen (secondary N) is 1. The quantitative estimate of drug-likeness (QED) is 0.527. The fraction of sp³-hybridized carbons (Fsp3) is 0.296. The topological polar surface area (TPSA) is 75.7 Å². The van der Waals surface area contributed by atoms with Gasteiger partial charge in [-0.2, -0.15) is 0 Å². The third-order valence-corrected chi connectivity index (χ3v) is 7.60. The Morgan fingerprint density at radius 3 is 2.23 bits per heavy atom. The monoisotopic (exact) mass is 496 g/mol. The highest BCUT2D eigenvalue weighted by molar-refractivity contribution is 7.90. The first-order chi connectivity index (χ1) is 16.7. The smallest absolute Gasteiger partial charge is 0.251 e. The number of halogens is 1. The first kappa shape index (κ1) is 24.9. The molecule has 1 N–H and O–H groups in total. The van der Waals surface area contributed by atoms with Gasteiger partial charge in [0.2, 0.25) is 0 Å². The lowest BCUT2D eigenvalue weighted by molar-refractivity contribution is -0.00539. The summed E-state index contributed by atoms with van der Waals surface area (Å²) in [7, 11) is -3.46. The Labute approximate surface area is 205 Å². The van der Waals surface area contributed by atoms with Crippen LogP contribution in [0.1, 0.15) is 35.3 Å². The van der Waals surface area contributed by atoms with Crippen LogP contribution in [0.25, 0.3) is 0 Å². The minimum atomic E-state index is -3.46. The maximum absolute atomic E-state index is 14.8. The van der Waals surface area contributed by atoms with Gasteiger partial charge in [0, 0.05) is 25.2 Å². The number of carbonyl (C=O) groups excluding carboxylic acids is 1. The van der Waals surface area contributed by atoms with E-state index in [2.05, 4.69) is 5.32 Å². The van der Waals surface area contributed by atoms with E-state index >= 15 is 0 Å². The molecule has 4 rings (SSSR count). The van der Waals surface area contributed by atoms with Crippen LogP contribution in [-0.2, 0) is 26.9 Å². The molecule has 1 amide bonds. The highest BCUT2D eigenvalue weighted by atomic mass is 32.2. The molecule has 0 aromatic heterocycles. The van der Waals surface area contributed by atoms with E-state index in [1.807, 2.05) is 18.7 Å². The number of sulfone groups is 1. The Morgan fingerprint density at radius 2 is 1.60 bits per heavy atom. The third-order valence-electron chi connectivity index (χ3n) is 5.90. The summed E-state index contributed by atoms with van der Waals surface area (Å²) >= 11 is 0. The van der Waals surface area contributed by atoms with Crippen LogP contribution in [0, 0.1) is 5.82 Å². The lowest BCUT2D eigenvalue weighted by Gasteiger charge is -2.37. The Morgan fingerprint density at radius 1 is 0.971 bits per heavy atom. The number of ether oxygens (including phenoxy) is 1. The second kappa shape index (κ2) is 10.6. The van der Waals surface area contributed by atoms with Crippen molar-refractivity contribution in [1.82, 2.24) is 5.32 Å². The van der Waals surface area contributed by atoms with Crippen molar-refractivity contribution in [3.63, 3.8) is 0 Å². The Kier molecular flexibility index (Phi) is 7.52. The maximum atomic E-state index is 14.8. The number of anilines is 1. The summed E-state index contributed by atoms with van der Waals surface area (Å²) in [5, 5.41) is 2.79. The predicted molar refractivity (Wildman–Crippen MR) is 134 cm³/mol. The molecule has 1 heterocycles. The van der Waals surface area contributed by atoms with Gasteiger partial charge in [0.05, 0.1) is 28.5 Å². The van der Waals surface area contributed by atoms with Crippen molar-refractivity contribution in [3.8, 4) is 0 Å². The molecule has 3 aromatic rings. The largest absolute Gasteiger partial charge is 0.372 e. The summed E-state index contributed by atoms with van der Waals surface area (Å²) in [4.78, 5) is 14.8. The first-order valence-electron chi connectivity index (χ1n) is 11.5. The molecule has 0 radical (unpaired) electrons. The standard InChI is InChI=1S/C27H29FN2O4S/c1-19-16-30(17-20(2)34-19)26-13-10-22(14-25(26)28)15-29-27(31)23-11-8-21(9-12-23)18-35(32,33)24-6-4-3-5-7-24/h3-14,19-20H,15-18H2,1-2H3,(H,29,31). The molecule has 8 heteroatoms. The molecule has 0 saturated carbocycles. The van der Waals surface area contributed by atoms with Crippen molar-refractivity contribution in [2.75, 3.05) is 18.0 Å². The van der Waals surface area contributed by atoms with E-state index < -0.39 is 9.84 Å². The Hall–Kier alpha value is -3.23. The van der Waals surface area contributed by atoms with Crippen molar-refractivity contribution >= 4 is 21.4 Å². The van der Waals surface area contributed by atoms with E-state index in [9.17, 15) is 17.6 Å². The minimum Gasteiger partial charge on any atom is -0.372 e. The summed E-state index contributed by atoms with van der Waals surface area (Å²) < 4.78 is 45.6. The lowest BCUT2D eigenvalue weighted by Crippen LogP contribution is -2.45. The van der Waals surface area contributed by atoms with Gasteiger partial charge < -0.3 is 15.0 Å². The molecule has 1 saturated heterocycles. The molecule has 0 bridgehead atoms. The zero-order chi connectivity index (χ0) is 25.0. The van der Waals surface area contributed by atoms with Crippen LogP contribution in [0.2, 0.25) is 0 Å². The lowest BCUT2D eigenvalue weighted by atomic mass is 10.1. The number of amides is 1. The van der Waals surface area contributed by atoms with Crippen LogP contribution in [0.15, 0.2) is 77.7 Å². The Bertz CT molecular complexity index is 1270. The molecular weight excluding hydrogens is 467 g/mol. The number of rotatable bonds is 7. The number of nitrogens with zero attached hydrogens (tertiary/aromatic N) is 1. The molecule has 0 spiro atoms. The molecule has 1 aliphatic rings. The molecule has 1 fully saturated rings. The molecule has 6 nitrogen and oxygen atoms in total. The normalized spacial score (nSPS) is 18.3. The molecule has 1 aliphatic heterocycles. The zero-order valence-corrected chi connectivity index (χ0v) is 20.6. The van der Waals surface area contributed by atoms with Crippen LogP contribution < -0.4 is 10.2 Å². The maximum Gasteiger partial charge on any atom is 0.251 e. The average Bonchev–Trinajstić information content (AvgIpc) is 2.83. The molecule has 184 valence electrons. The summed E-state index contributed by atoms with van der Waals surface area (Å²) in [5.74, 6) is -0.796. The van der Waals surface area contributed by atoms with E-state index in [1.165, 1.54) is 6.07 Å². The van der Waals surface area contributed by atoms with Crippen LogP contribution in [0.5, 0.6) is 0 Å². The van der Waals surface area contributed by atoms with E-state index in [0.717, 1.165) is 0 Å². The van der Waals surface area contributed by atoms with E-state index in [0.29, 0.717) is 35.5 Å². The zero-order valence-electron chi connectivity index (χ0n) is 19.8. The van der Waals surface area contributed by atoms with Crippen molar-refractivity contribution in [1.29, 1.82) is 0 Å². The molecule has 2 unspecified atom stereocenters. The second-order valence-electron chi connectivity index (χ2n) is 8.90. The van der Waals surface area contributed by atoms with Crippen molar-refractivity contribution in [3.05, 3.63) is 95.3 Å². The average molecular weight is 497 g/mol. The van der Waals surface area contributed by atoms with Crippen molar-refractivity contribution in [2.24, 2.45) is 0 Å². The molecule has 2 atom stereocenters. The fourth-order valence-corrected chi connectivity index (χ4v) is 5.63. The molecule has 35 heavy (non-hydrogen) atoms. The van der Waals surface area contributed by atoms with Crippen molar-refractivity contribution in [2.45, 2.75) is 43.2 Å². The van der Waals surface area contributed by atoms with Gasteiger partial charge in [-0.3, -0.25) is 4.79 Å². The number of morpholine rings is 1. The molecule has 0 aliphatic carbocycles. The van der Waals surface area contributed by atoms with E-state index in [1.54, 1.807) is 66.7 Å². The molecule has 3 aromatic carbocycles. The van der Waals surface area contributed by atoms with Gasteiger partial charge in [-0.25, -0.2) is 12.8 Å². The third kappa shape index (κ3) is 6.26. The summed E-state index contributed by atoms with van der Waals surface area (Å²) in [5.41, 5.74) is 2.18. The van der Waals surface area contributed by atoms with Crippen LogP contribution >= 0.6 is 0 Å². The van der Waals surface area contributed by atoms with Gasteiger partial charge in [-0.1, -0.05) is 36.4 Å². The highest BCUT2D eigenvalue weighted by Gasteiger charge is 2.24. The number of hydrogen-bond acceptors (Lipinski definition) is 5. The predicted octanol–water partition coefficient (Wildman–Crippen LogP) is 4.34. The number of benzene rings is 3. The SMILES string of the molecule is CC1CN(c2ccc(CNC(=O)c3ccc(CS(=O)(=O)c4ccccc4)cc3)cc2F)CC(C)O1. The molecular formula is C27H29FN2O4S. The summed E-state index contributed by atoms with van der Waals surface area (Å²) in [6.07, 6.45) is 0.0592. The van der Waals surface area contributed by atoms with Gasteiger partial charge in [-0.05, 0) is 61.4 Å². The summed E-state index contributed by atoms with van der Waals surface area (Å²) in [6.45, 7) is 5.37. The van der Waals surface area contributed by atoms with Crippen LogP contribution in [0.4, 0.5) is 10.1 Å². The van der Waals surface area contributed by atoms with E-state index in [-0.39, 0.29) is 41.1 Å². The van der Waals surface area contributed by atoms with Gasteiger partial charge in [0.25, 0.3) is 5.91 Å². The van der Waals surface area contributed by atoms with Crippen LogP contribution in [-0.4, -0.2) is 39.6 Å².